The van der Waals surface area contributed by atoms with Crippen molar-refractivity contribution >= 4 is 78.0 Å². The van der Waals surface area contributed by atoms with Gasteiger partial charge in [0.1, 0.15) is 21.9 Å². The average molecular weight is 699 g/mol. The number of halogens is 1. The summed E-state index contributed by atoms with van der Waals surface area (Å²) in [4.78, 5) is 10.0. The zero-order chi connectivity index (χ0) is 29.6. The normalized spacial score (nSPS) is 11.8. The van der Waals surface area contributed by atoms with Gasteiger partial charge in [-0.2, -0.15) is 0 Å². The van der Waals surface area contributed by atoms with Gasteiger partial charge in [-0.05, 0) is 82.2 Å². The van der Waals surface area contributed by atoms with Crippen molar-refractivity contribution in [1.29, 1.82) is 0 Å². The van der Waals surface area contributed by atoms with Crippen molar-refractivity contribution in [3.8, 4) is 38.6 Å². The highest BCUT2D eigenvalue weighted by molar-refractivity contribution is 14.1. The zero-order valence-electron chi connectivity index (χ0n) is 23.2. The third-order valence-electron chi connectivity index (χ3n) is 7.76. The van der Waals surface area contributed by atoms with Gasteiger partial charge in [-0.25, -0.2) is 4.98 Å². The third kappa shape index (κ3) is 4.76. The highest BCUT2D eigenvalue weighted by atomic mass is 127. The van der Waals surface area contributed by atoms with Crippen LogP contribution in [0.4, 0.5) is 5.69 Å². The maximum Gasteiger partial charge on any atom is 0.143 e. The van der Waals surface area contributed by atoms with Crippen molar-refractivity contribution in [2.75, 3.05) is 0 Å². The summed E-state index contributed by atoms with van der Waals surface area (Å²) >= 11 is 3.89. The molecule has 0 saturated carbocycles. The third-order valence-corrected chi connectivity index (χ3v) is 9.47. The van der Waals surface area contributed by atoms with Crippen molar-refractivity contribution in [3.05, 3.63) is 137 Å². The number of aromatic hydroxyl groups is 1. The summed E-state index contributed by atoms with van der Waals surface area (Å²) in [6, 6.07) is 42.9. The molecule has 6 heteroatoms. The molecule has 0 aliphatic carbocycles. The molecule has 6 aromatic carbocycles. The molecule has 0 radical (unpaired) electrons. The maximum absolute atomic E-state index is 10.3. The second kappa shape index (κ2) is 11.0. The van der Waals surface area contributed by atoms with E-state index in [1.165, 1.54) is 0 Å². The van der Waals surface area contributed by atoms with Crippen molar-refractivity contribution < 1.29 is 9.52 Å². The molecule has 8 aromatic rings. The van der Waals surface area contributed by atoms with Gasteiger partial charge in [-0.3, -0.25) is 4.99 Å². The lowest BCUT2D eigenvalue weighted by Crippen LogP contribution is -1.86. The van der Waals surface area contributed by atoms with Gasteiger partial charge in [0, 0.05) is 42.8 Å². The maximum atomic E-state index is 10.3. The average Bonchev–Trinajstić information content (AvgIpc) is 3.67. The number of hydrogen-bond acceptors (Lipinski definition) is 5. The highest BCUT2D eigenvalue weighted by Crippen LogP contribution is 2.43. The van der Waals surface area contributed by atoms with Crippen LogP contribution >= 0.6 is 33.9 Å². The topological polar surface area (TPSA) is 58.6 Å². The summed E-state index contributed by atoms with van der Waals surface area (Å²) in [5.74, 6) is 0.200. The van der Waals surface area contributed by atoms with E-state index in [1.807, 2.05) is 54.6 Å². The number of nitrogens with zero attached hydrogens (tertiary/aromatic N) is 2. The molecule has 0 atom stereocenters. The van der Waals surface area contributed by atoms with E-state index in [9.17, 15) is 5.11 Å². The van der Waals surface area contributed by atoms with E-state index in [0.717, 1.165) is 74.2 Å². The lowest BCUT2D eigenvalue weighted by Gasteiger charge is -2.08. The summed E-state index contributed by atoms with van der Waals surface area (Å²) in [5, 5.41) is 13.5. The Morgan fingerprint density at radius 1 is 0.705 bits per heavy atom. The quantitative estimate of drug-likeness (QED) is 0.144. The lowest BCUT2D eigenvalue weighted by molar-refractivity contribution is 0.474. The van der Waals surface area contributed by atoms with Gasteiger partial charge in [0.15, 0.2) is 0 Å². The first-order valence-corrected chi connectivity index (χ1v) is 16.0. The van der Waals surface area contributed by atoms with Crippen molar-refractivity contribution in [1.82, 2.24) is 4.98 Å². The Morgan fingerprint density at radius 3 is 2.39 bits per heavy atom. The first-order chi connectivity index (χ1) is 21.6. The highest BCUT2D eigenvalue weighted by Gasteiger charge is 2.18. The molecule has 8 rings (SSSR count). The number of aromatic nitrogens is 1. The lowest BCUT2D eigenvalue weighted by atomic mass is 9.97. The largest absolute Gasteiger partial charge is 0.507 e. The van der Waals surface area contributed by atoms with Crippen LogP contribution < -0.4 is 0 Å². The minimum absolute atomic E-state index is 0.200. The first-order valence-electron chi connectivity index (χ1n) is 14.1. The Morgan fingerprint density at radius 2 is 1.48 bits per heavy atom. The predicted octanol–water partition coefficient (Wildman–Crippen LogP) is 11.3. The van der Waals surface area contributed by atoms with Crippen LogP contribution in [-0.4, -0.2) is 16.3 Å². The molecule has 0 saturated heterocycles. The summed E-state index contributed by atoms with van der Waals surface area (Å²) in [6.07, 6.45) is 1.71. The standard InChI is InChI=1S/C38H23IN2O2S/c39-26-17-18-33(42)25(19-26)22-40-32-15-6-4-12-30(32)38-41-36-31(23-9-2-1-3-10-23)20-24(21-35(36)44-38)27-13-8-14-29-28-11-5-7-16-34(28)43-37(27)29/h1-22,42H. The van der Waals surface area contributed by atoms with Crippen LogP contribution in [0.1, 0.15) is 5.56 Å². The van der Waals surface area contributed by atoms with E-state index in [2.05, 4.69) is 89.3 Å². The van der Waals surface area contributed by atoms with Gasteiger partial charge in [-0.15, -0.1) is 11.3 Å². The number of phenolic OH excluding ortho intramolecular Hbond substituents is 1. The van der Waals surface area contributed by atoms with Gasteiger partial charge in [0.25, 0.3) is 0 Å². The summed E-state index contributed by atoms with van der Waals surface area (Å²) in [6.45, 7) is 0. The van der Waals surface area contributed by atoms with Gasteiger partial charge >= 0.3 is 0 Å². The number of benzene rings is 6. The van der Waals surface area contributed by atoms with Crippen molar-refractivity contribution in [2.24, 2.45) is 4.99 Å². The van der Waals surface area contributed by atoms with E-state index in [4.69, 9.17) is 14.4 Å². The SMILES string of the molecule is Oc1ccc(I)cc1C=Nc1ccccc1-c1nc2c(-c3ccccc3)cc(-c3cccc4c3oc3ccccc34)cc2s1. The molecule has 210 valence electrons. The number of hydrogen-bond donors (Lipinski definition) is 1. The molecule has 0 bridgehead atoms. The second-order valence-corrected chi connectivity index (χ2v) is 12.8. The van der Waals surface area contributed by atoms with Crippen molar-refractivity contribution in [3.63, 3.8) is 0 Å². The van der Waals surface area contributed by atoms with Gasteiger partial charge in [0.05, 0.1) is 15.9 Å². The number of thiazole rings is 1. The molecular weight excluding hydrogens is 675 g/mol. The fraction of sp³-hybridized carbons (Fsp3) is 0. The van der Waals surface area contributed by atoms with Gasteiger partial charge in [0.2, 0.25) is 0 Å². The molecule has 1 N–H and O–H groups in total. The molecule has 0 unspecified atom stereocenters. The molecule has 0 aliphatic heterocycles. The van der Waals surface area contributed by atoms with Crippen molar-refractivity contribution in [2.45, 2.75) is 0 Å². The van der Waals surface area contributed by atoms with E-state index in [-0.39, 0.29) is 5.75 Å². The van der Waals surface area contributed by atoms with Crippen LogP contribution in [0.15, 0.2) is 137 Å². The van der Waals surface area contributed by atoms with Crippen LogP contribution in [0.25, 0.3) is 65.0 Å². The van der Waals surface area contributed by atoms with E-state index in [0.29, 0.717) is 5.56 Å². The molecule has 2 heterocycles. The van der Waals surface area contributed by atoms with Gasteiger partial charge in [-0.1, -0.05) is 78.9 Å². The number of para-hydroxylation sites is 3. The van der Waals surface area contributed by atoms with Crippen LogP contribution in [0.2, 0.25) is 0 Å². The fourth-order valence-corrected chi connectivity index (χ4v) is 7.23. The molecule has 2 aromatic heterocycles. The minimum atomic E-state index is 0.200. The molecular formula is C38H23IN2O2S. The van der Waals surface area contributed by atoms with Crippen LogP contribution in [-0.2, 0) is 0 Å². The molecule has 0 spiro atoms. The molecule has 0 fully saturated rings. The first kappa shape index (κ1) is 26.8. The number of aliphatic imine (C=N–C) groups is 1. The number of furan rings is 1. The fourth-order valence-electron chi connectivity index (χ4n) is 5.65. The van der Waals surface area contributed by atoms with Crippen LogP contribution in [0, 0.1) is 3.57 Å². The minimum Gasteiger partial charge on any atom is -0.507 e. The number of rotatable bonds is 5. The summed E-state index contributed by atoms with van der Waals surface area (Å²) < 4.78 is 8.53. The Hall–Kier alpha value is -4.79. The molecule has 0 amide bonds. The van der Waals surface area contributed by atoms with Crippen LogP contribution in [0.5, 0.6) is 5.75 Å². The van der Waals surface area contributed by atoms with Gasteiger partial charge < -0.3 is 9.52 Å². The summed E-state index contributed by atoms with van der Waals surface area (Å²) in [5.41, 5.74) is 9.43. The second-order valence-electron chi connectivity index (χ2n) is 10.5. The Labute approximate surface area is 271 Å². The van der Waals surface area contributed by atoms with E-state index < -0.39 is 0 Å². The molecule has 44 heavy (non-hydrogen) atoms. The Kier molecular flexibility index (Phi) is 6.73. The summed E-state index contributed by atoms with van der Waals surface area (Å²) in [7, 11) is 0. The molecule has 0 aliphatic rings. The monoisotopic (exact) mass is 698 g/mol. The molecule has 4 nitrogen and oxygen atoms in total. The smallest absolute Gasteiger partial charge is 0.143 e. The number of phenols is 1. The van der Waals surface area contributed by atoms with Crippen LogP contribution in [0.3, 0.4) is 0 Å². The zero-order valence-corrected chi connectivity index (χ0v) is 26.2. The predicted molar refractivity (Wildman–Crippen MR) is 191 cm³/mol. The number of fused-ring (bicyclic) bond motifs is 4. The van der Waals surface area contributed by atoms with E-state index >= 15 is 0 Å². The van der Waals surface area contributed by atoms with E-state index in [1.54, 1.807) is 23.6 Å². The Balaban J connectivity index is 1.31. The Bertz CT molecular complexity index is 2370.